The zero-order valence-corrected chi connectivity index (χ0v) is 25.2. The van der Waals surface area contributed by atoms with Crippen LogP contribution in [-0.2, 0) is 35.1 Å². The Kier molecular flexibility index (Phi) is 11.6. The van der Waals surface area contributed by atoms with Crippen LogP contribution in [0.1, 0.15) is 64.9 Å². The molecule has 0 spiro atoms. The molecule has 10 nitrogen and oxygen atoms in total. The summed E-state index contributed by atoms with van der Waals surface area (Å²) in [6, 6.07) is 4.76. The average molecular weight is 586 g/mol. The molecule has 1 aromatic carbocycles. The average Bonchev–Trinajstić information content (AvgIpc) is 3.01. The standard InChI is InChI=1S/C32H43NO9/c1-6-32(2,3)29(36)30(37)33-17-8-7-12-24(33)31(38)42-25(22-10-9-11-23(19-22)41-20-28(34)35)15-13-21-14-16-26(39-4)27(18-21)40-5/h9-11,14,16,18,22,24-25H,6-8,12-13,15,17,19-20H2,1-5H3,(H,34,35). The SMILES string of the molecule is CCC(C)(C)C(=O)C(=O)N1CCCCC1C(=O)OC(CCc1ccc(OC)c(OC)c1)C1C=CC=C(OCC(=O)O)C1. The Morgan fingerprint density at radius 2 is 1.83 bits per heavy atom. The highest BCUT2D eigenvalue weighted by Gasteiger charge is 2.41. The summed E-state index contributed by atoms with van der Waals surface area (Å²) in [5, 5.41) is 9.03. The maximum Gasteiger partial charge on any atom is 0.341 e. The highest BCUT2D eigenvalue weighted by Crippen LogP contribution is 2.32. The molecule has 1 amide bonds. The fourth-order valence-corrected chi connectivity index (χ4v) is 5.12. The molecule has 3 rings (SSSR count). The van der Waals surface area contributed by atoms with Gasteiger partial charge in [-0.25, -0.2) is 9.59 Å². The van der Waals surface area contributed by atoms with Crippen LogP contribution in [0.2, 0.25) is 0 Å². The van der Waals surface area contributed by atoms with Gasteiger partial charge in [-0.15, -0.1) is 0 Å². The molecule has 2 aliphatic rings. The summed E-state index contributed by atoms with van der Waals surface area (Å²) in [5.74, 6) is -1.38. The lowest BCUT2D eigenvalue weighted by Crippen LogP contribution is -2.53. The number of hydrogen-bond acceptors (Lipinski definition) is 8. The first kappa shape index (κ1) is 32.7. The van der Waals surface area contributed by atoms with Gasteiger partial charge in [0.15, 0.2) is 18.1 Å². The van der Waals surface area contributed by atoms with Gasteiger partial charge in [-0.3, -0.25) is 9.59 Å². The minimum atomic E-state index is -1.08. The minimum absolute atomic E-state index is 0.281. The number of carbonyl (C=O) groups is 4. The number of esters is 1. The fourth-order valence-electron chi connectivity index (χ4n) is 5.12. The van der Waals surface area contributed by atoms with Crippen molar-refractivity contribution < 1.29 is 43.2 Å². The van der Waals surface area contributed by atoms with Crippen LogP contribution in [0.15, 0.2) is 42.2 Å². The molecule has 0 radical (unpaired) electrons. The third-order valence-electron chi connectivity index (χ3n) is 8.10. The number of piperidine rings is 1. The van der Waals surface area contributed by atoms with Gasteiger partial charge in [0.25, 0.3) is 5.91 Å². The Balaban J connectivity index is 1.81. The van der Waals surface area contributed by atoms with E-state index in [-0.39, 0.29) is 5.92 Å². The van der Waals surface area contributed by atoms with E-state index in [1.165, 1.54) is 4.90 Å². The van der Waals surface area contributed by atoms with Gasteiger partial charge in [0.1, 0.15) is 12.1 Å². The second-order valence-corrected chi connectivity index (χ2v) is 11.3. The van der Waals surface area contributed by atoms with Crippen molar-refractivity contribution in [2.24, 2.45) is 11.3 Å². The van der Waals surface area contributed by atoms with Crippen molar-refractivity contribution in [3.8, 4) is 11.5 Å². The van der Waals surface area contributed by atoms with Crippen molar-refractivity contribution in [2.45, 2.75) is 77.9 Å². The summed E-state index contributed by atoms with van der Waals surface area (Å²) in [4.78, 5) is 52.4. The Bertz CT molecular complexity index is 1200. The Morgan fingerprint density at radius 3 is 2.50 bits per heavy atom. The molecule has 1 aromatic rings. The second-order valence-electron chi connectivity index (χ2n) is 11.3. The van der Waals surface area contributed by atoms with Crippen LogP contribution in [0.4, 0.5) is 0 Å². The Hall–Kier alpha value is -3.82. The van der Waals surface area contributed by atoms with E-state index in [1.54, 1.807) is 40.2 Å². The van der Waals surface area contributed by atoms with E-state index in [9.17, 15) is 19.2 Å². The van der Waals surface area contributed by atoms with Crippen molar-refractivity contribution >= 4 is 23.6 Å². The first-order valence-electron chi connectivity index (χ1n) is 14.5. The normalized spacial score (nSPS) is 19.4. The number of carbonyl (C=O) groups excluding carboxylic acids is 3. The molecule has 0 saturated carbocycles. The number of allylic oxidation sites excluding steroid dienone is 3. The molecular formula is C32H43NO9. The lowest BCUT2D eigenvalue weighted by atomic mass is 9.84. The topological polar surface area (TPSA) is 129 Å². The number of Topliss-reactive ketones (excluding diaryl/α,β-unsaturated/α-hetero) is 1. The number of ether oxygens (including phenoxy) is 4. The molecule has 1 saturated heterocycles. The summed E-state index contributed by atoms with van der Waals surface area (Å²) in [7, 11) is 3.13. The third kappa shape index (κ3) is 8.36. The molecule has 1 aliphatic carbocycles. The molecule has 42 heavy (non-hydrogen) atoms. The lowest BCUT2D eigenvalue weighted by Gasteiger charge is -2.37. The number of nitrogens with zero attached hydrogens (tertiary/aromatic N) is 1. The van der Waals surface area contributed by atoms with Gasteiger partial charge >= 0.3 is 11.9 Å². The zero-order valence-electron chi connectivity index (χ0n) is 25.2. The molecule has 3 unspecified atom stereocenters. The Labute approximate surface area is 247 Å². The van der Waals surface area contributed by atoms with Crippen molar-refractivity contribution in [1.82, 2.24) is 4.90 Å². The maximum atomic E-state index is 13.7. The number of likely N-dealkylation sites (tertiary alicyclic amines) is 1. The molecule has 0 aromatic heterocycles. The van der Waals surface area contributed by atoms with Crippen LogP contribution < -0.4 is 9.47 Å². The zero-order chi connectivity index (χ0) is 30.9. The largest absolute Gasteiger partial charge is 0.493 e. The fraction of sp³-hybridized carbons (Fsp3) is 0.562. The van der Waals surface area contributed by atoms with E-state index in [0.717, 1.165) is 12.0 Å². The van der Waals surface area contributed by atoms with E-state index >= 15 is 0 Å². The smallest absolute Gasteiger partial charge is 0.341 e. The van der Waals surface area contributed by atoms with E-state index < -0.39 is 47.8 Å². The van der Waals surface area contributed by atoms with Crippen molar-refractivity contribution in [1.29, 1.82) is 0 Å². The van der Waals surface area contributed by atoms with E-state index in [0.29, 0.717) is 62.3 Å². The van der Waals surface area contributed by atoms with E-state index in [4.69, 9.17) is 24.1 Å². The van der Waals surface area contributed by atoms with Crippen LogP contribution >= 0.6 is 0 Å². The van der Waals surface area contributed by atoms with Crippen molar-refractivity contribution in [3.63, 3.8) is 0 Å². The molecule has 1 N–H and O–H groups in total. The summed E-state index contributed by atoms with van der Waals surface area (Å²) in [5.41, 5.74) is 0.129. The molecule has 0 bridgehead atoms. The third-order valence-corrected chi connectivity index (χ3v) is 8.10. The lowest BCUT2D eigenvalue weighted by molar-refractivity contribution is -0.165. The van der Waals surface area contributed by atoms with Gasteiger partial charge in [0, 0.05) is 24.3 Å². The van der Waals surface area contributed by atoms with Gasteiger partial charge in [-0.05, 0) is 62.3 Å². The quantitative estimate of drug-likeness (QED) is 0.248. The van der Waals surface area contributed by atoms with Gasteiger partial charge in [0.2, 0.25) is 5.78 Å². The van der Waals surface area contributed by atoms with Crippen LogP contribution in [0.25, 0.3) is 0 Å². The number of ketones is 1. The highest BCUT2D eigenvalue weighted by molar-refractivity contribution is 6.38. The number of aliphatic carboxylic acids is 1. The molecule has 1 fully saturated rings. The molecule has 10 heteroatoms. The minimum Gasteiger partial charge on any atom is -0.493 e. The highest BCUT2D eigenvalue weighted by atomic mass is 16.5. The summed E-state index contributed by atoms with van der Waals surface area (Å²) >= 11 is 0. The number of methoxy groups -OCH3 is 2. The second kappa shape index (κ2) is 14.9. The van der Waals surface area contributed by atoms with E-state index in [2.05, 4.69) is 0 Å². The predicted octanol–water partition coefficient (Wildman–Crippen LogP) is 4.50. The first-order chi connectivity index (χ1) is 20.0. The number of aryl methyl sites for hydroxylation is 1. The predicted molar refractivity (Wildman–Crippen MR) is 155 cm³/mol. The summed E-state index contributed by atoms with van der Waals surface area (Å²) in [6.45, 7) is 5.18. The molecular weight excluding hydrogens is 542 g/mol. The molecule has 3 atom stereocenters. The van der Waals surface area contributed by atoms with Crippen LogP contribution in [0, 0.1) is 11.3 Å². The van der Waals surface area contributed by atoms with Crippen LogP contribution in [-0.4, -0.2) is 73.2 Å². The molecule has 1 heterocycles. The summed E-state index contributed by atoms with van der Waals surface area (Å²) in [6.07, 6.45) is 8.51. The molecule has 230 valence electrons. The van der Waals surface area contributed by atoms with Gasteiger partial charge in [-0.1, -0.05) is 39.0 Å². The first-order valence-corrected chi connectivity index (χ1v) is 14.5. The van der Waals surface area contributed by atoms with Crippen LogP contribution in [0.5, 0.6) is 11.5 Å². The Morgan fingerprint density at radius 1 is 1.10 bits per heavy atom. The summed E-state index contributed by atoms with van der Waals surface area (Å²) < 4.78 is 22.3. The number of hydrogen-bond donors (Lipinski definition) is 1. The van der Waals surface area contributed by atoms with Crippen molar-refractivity contribution in [3.05, 3.63) is 47.7 Å². The monoisotopic (exact) mass is 585 g/mol. The molecule has 1 aliphatic heterocycles. The van der Waals surface area contributed by atoms with Gasteiger partial charge < -0.3 is 29.0 Å². The number of carboxylic acids is 1. The van der Waals surface area contributed by atoms with E-state index in [1.807, 2.05) is 31.2 Å². The number of rotatable bonds is 14. The number of benzene rings is 1. The number of carboxylic acid groups (broad SMARTS) is 1. The van der Waals surface area contributed by atoms with Crippen molar-refractivity contribution in [2.75, 3.05) is 27.4 Å². The van der Waals surface area contributed by atoms with Gasteiger partial charge in [-0.2, -0.15) is 0 Å². The number of amides is 1. The maximum absolute atomic E-state index is 13.7. The van der Waals surface area contributed by atoms with Gasteiger partial charge in [0.05, 0.1) is 20.0 Å². The van der Waals surface area contributed by atoms with Crippen LogP contribution in [0.3, 0.4) is 0 Å².